The lowest BCUT2D eigenvalue weighted by Gasteiger charge is -2.08. The van der Waals surface area contributed by atoms with E-state index >= 15 is 0 Å². The second-order valence-electron chi connectivity index (χ2n) is 4.32. The largest absolute Gasteiger partial charge is 0.480 e. The van der Waals surface area contributed by atoms with Crippen molar-refractivity contribution in [1.82, 2.24) is 15.0 Å². The number of ether oxygens (including phenoxy) is 1. The Labute approximate surface area is 116 Å². The first kappa shape index (κ1) is 12.3. The number of anilines is 1. The van der Waals surface area contributed by atoms with Crippen molar-refractivity contribution in [2.24, 2.45) is 0 Å². The molecule has 0 saturated heterocycles. The molecule has 0 saturated carbocycles. The molecule has 0 amide bonds. The van der Waals surface area contributed by atoms with Gasteiger partial charge in [0.05, 0.1) is 19.5 Å². The van der Waals surface area contributed by atoms with Crippen molar-refractivity contribution in [2.45, 2.75) is 6.54 Å². The zero-order chi connectivity index (χ0) is 13.8. The maximum Gasteiger partial charge on any atom is 0.233 e. The lowest BCUT2D eigenvalue weighted by atomic mass is 10.1. The second-order valence-corrected chi connectivity index (χ2v) is 4.32. The van der Waals surface area contributed by atoms with Crippen LogP contribution in [0.5, 0.6) is 5.88 Å². The second kappa shape index (κ2) is 5.52. The van der Waals surface area contributed by atoms with Crippen molar-refractivity contribution in [1.29, 1.82) is 0 Å². The van der Waals surface area contributed by atoms with Gasteiger partial charge in [-0.15, -0.1) is 0 Å². The zero-order valence-electron chi connectivity index (χ0n) is 11.1. The average molecular weight is 266 g/mol. The molecule has 0 spiro atoms. The molecule has 100 valence electrons. The molecule has 1 aromatic carbocycles. The van der Waals surface area contributed by atoms with E-state index in [2.05, 4.69) is 32.4 Å². The maximum atomic E-state index is 5.05. The fourth-order valence-corrected chi connectivity index (χ4v) is 2.04. The number of nitrogens with one attached hydrogen (secondary N) is 1. The SMILES string of the molecule is COc1cncc(NCc2cncc3ccccc23)n1. The average Bonchev–Trinajstić information content (AvgIpc) is 2.53. The Morgan fingerprint density at radius 2 is 1.90 bits per heavy atom. The number of rotatable bonds is 4. The first-order chi connectivity index (χ1) is 9.86. The normalized spacial score (nSPS) is 10.4. The quantitative estimate of drug-likeness (QED) is 0.786. The third-order valence-electron chi connectivity index (χ3n) is 3.03. The molecule has 0 aliphatic carbocycles. The Morgan fingerprint density at radius 1 is 1.05 bits per heavy atom. The van der Waals surface area contributed by atoms with Gasteiger partial charge in [0.25, 0.3) is 0 Å². The zero-order valence-corrected chi connectivity index (χ0v) is 11.1. The van der Waals surface area contributed by atoms with E-state index in [0.717, 1.165) is 10.9 Å². The van der Waals surface area contributed by atoms with E-state index in [1.807, 2.05) is 24.5 Å². The highest BCUT2D eigenvalue weighted by Crippen LogP contribution is 2.18. The van der Waals surface area contributed by atoms with Crippen LogP contribution in [0.4, 0.5) is 5.82 Å². The molecular formula is C15H14N4O. The highest BCUT2D eigenvalue weighted by molar-refractivity contribution is 5.84. The Balaban J connectivity index is 1.83. The molecule has 0 aliphatic rings. The minimum absolute atomic E-state index is 0.492. The van der Waals surface area contributed by atoms with E-state index in [9.17, 15) is 0 Å². The van der Waals surface area contributed by atoms with E-state index in [1.165, 1.54) is 5.39 Å². The molecule has 3 aromatic rings. The van der Waals surface area contributed by atoms with Crippen LogP contribution in [0.1, 0.15) is 5.56 Å². The van der Waals surface area contributed by atoms with E-state index < -0.39 is 0 Å². The van der Waals surface area contributed by atoms with Gasteiger partial charge < -0.3 is 10.1 Å². The standard InChI is InChI=1S/C15H14N4O/c1-20-15-10-17-9-14(19-15)18-8-12-7-16-6-11-4-2-3-5-13(11)12/h2-7,9-10H,8H2,1H3,(H,18,19). The summed E-state index contributed by atoms with van der Waals surface area (Å²) in [5.74, 6) is 1.17. The number of fused-ring (bicyclic) bond motifs is 1. The molecule has 0 fully saturated rings. The van der Waals surface area contributed by atoms with Crippen LogP contribution in [-0.2, 0) is 6.54 Å². The Hall–Kier alpha value is -2.69. The predicted molar refractivity (Wildman–Crippen MR) is 77.7 cm³/mol. The van der Waals surface area contributed by atoms with Crippen LogP contribution in [0.15, 0.2) is 49.1 Å². The number of hydrogen-bond acceptors (Lipinski definition) is 5. The highest BCUT2D eigenvalue weighted by atomic mass is 16.5. The molecule has 0 radical (unpaired) electrons. The molecule has 2 heterocycles. The highest BCUT2D eigenvalue weighted by Gasteiger charge is 2.02. The van der Waals surface area contributed by atoms with Crippen LogP contribution in [-0.4, -0.2) is 22.1 Å². The third kappa shape index (κ3) is 2.51. The summed E-state index contributed by atoms with van der Waals surface area (Å²) in [7, 11) is 1.57. The number of methoxy groups -OCH3 is 1. The van der Waals surface area contributed by atoms with Gasteiger partial charge in [0.2, 0.25) is 5.88 Å². The van der Waals surface area contributed by atoms with Gasteiger partial charge in [0.1, 0.15) is 5.82 Å². The van der Waals surface area contributed by atoms with Gasteiger partial charge in [0.15, 0.2) is 0 Å². The number of pyridine rings is 1. The molecule has 0 unspecified atom stereocenters. The Bertz CT molecular complexity index is 724. The van der Waals surface area contributed by atoms with Crippen LogP contribution < -0.4 is 10.1 Å². The first-order valence-electron chi connectivity index (χ1n) is 6.28. The van der Waals surface area contributed by atoms with E-state index in [-0.39, 0.29) is 0 Å². The Kier molecular flexibility index (Phi) is 3.41. The van der Waals surface area contributed by atoms with Crippen molar-refractivity contribution in [3.05, 3.63) is 54.6 Å². The molecule has 2 aromatic heterocycles. The van der Waals surface area contributed by atoms with Crippen LogP contribution in [0.3, 0.4) is 0 Å². The van der Waals surface area contributed by atoms with Crippen LogP contribution in [0.25, 0.3) is 10.8 Å². The summed E-state index contributed by atoms with van der Waals surface area (Å²) in [5, 5.41) is 5.55. The minimum Gasteiger partial charge on any atom is -0.480 e. The molecule has 0 bridgehead atoms. The number of nitrogens with zero attached hydrogens (tertiary/aromatic N) is 3. The van der Waals surface area contributed by atoms with Gasteiger partial charge in [-0.25, -0.2) is 0 Å². The summed E-state index contributed by atoms with van der Waals surface area (Å²) in [6.07, 6.45) is 6.97. The molecular weight excluding hydrogens is 252 g/mol. The monoisotopic (exact) mass is 266 g/mol. The van der Waals surface area contributed by atoms with Gasteiger partial charge in [-0.1, -0.05) is 24.3 Å². The van der Waals surface area contributed by atoms with Gasteiger partial charge in [0, 0.05) is 24.3 Å². The molecule has 0 aliphatic heterocycles. The molecule has 1 N–H and O–H groups in total. The van der Waals surface area contributed by atoms with Crippen molar-refractivity contribution in [2.75, 3.05) is 12.4 Å². The van der Waals surface area contributed by atoms with Gasteiger partial charge in [-0.05, 0) is 10.9 Å². The topological polar surface area (TPSA) is 59.9 Å². The molecule has 5 nitrogen and oxygen atoms in total. The lowest BCUT2D eigenvalue weighted by molar-refractivity contribution is 0.396. The van der Waals surface area contributed by atoms with E-state index in [1.54, 1.807) is 19.5 Å². The predicted octanol–water partition coefficient (Wildman–Crippen LogP) is 2.65. The fraction of sp³-hybridized carbons (Fsp3) is 0.133. The summed E-state index contributed by atoms with van der Waals surface area (Å²) < 4.78 is 5.05. The van der Waals surface area contributed by atoms with Crippen molar-refractivity contribution >= 4 is 16.6 Å². The summed E-state index contributed by atoms with van der Waals surface area (Å²) in [6, 6.07) is 8.18. The van der Waals surface area contributed by atoms with Gasteiger partial charge in [-0.2, -0.15) is 4.98 Å². The number of hydrogen-bond donors (Lipinski definition) is 1. The third-order valence-corrected chi connectivity index (χ3v) is 3.03. The maximum absolute atomic E-state index is 5.05. The Morgan fingerprint density at radius 3 is 2.80 bits per heavy atom. The summed E-state index contributed by atoms with van der Waals surface area (Å²) >= 11 is 0. The smallest absolute Gasteiger partial charge is 0.233 e. The van der Waals surface area contributed by atoms with Gasteiger partial charge in [-0.3, -0.25) is 9.97 Å². The van der Waals surface area contributed by atoms with Crippen LogP contribution >= 0.6 is 0 Å². The van der Waals surface area contributed by atoms with Crippen molar-refractivity contribution in [3.63, 3.8) is 0 Å². The van der Waals surface area contributed by atoms with Gasteiger partial charge >= 0.3 is 0 Å². The molecule has 0 atom stereocenters. The van der Waals surface area contributed by atoms with Crippen LogP contribution in [0, 0.1) is 0 Å². The summed E-state index contributed by atoms with van der Waals surface area (Å²) in [6.45, 7) is 0.635. The van der Waals surface area contributed by atoms with Crippen molar-refractivity contribution < 1.29 is 4.74 Å². The van der Waals surface area contributed by atoms with Crippen LogP contribution in [0.2, 0.25) is 0 Å². The lowest BCUT2D eigenvalue weighted by Crippen LogP contribution is -2.03. The number of aromatic nitrogens is 3. The van der Waals surface area contributed by atoms with E-state index in [4.69, 9.17) is 4.74 Å². The first-order valence-corrected chi connectivity index (χ1v) is 6.28. The summed E-state index contributed by atoms with van der Waals surface area (Å²) in [5.41, 5.74) is 1.12. The number of benzene rings is 1. The summed E-state index contributed by atoms with van der Waals surface area (Å²) in [4.78, 5) is 12.6. The molecule has 5 heteroatoms. The fourth-order valence-electron chi connectivity index (χ4n) is 2.04. The minimum atomic E-state index is 0.492. The molecule has 3 rings (SSSR count). The van der Waals surface area contributed by atoms with E-state index in [0.29, 0.717) is 18.2 Å². The molecule has 20 heavy (non-hydrogen) atoms. The van der Waals surface area contributed by atoms with Crippen molar-refractivity contribution in [3.8, 4) is 5.88 Å².